The fourth-order valence-corrected chi connectivity index (χ4v) is 3.14. The minimum atomic E-state index is -0.246. The van der Waals surface area contributed by atoms with Crippen molar-refractivity contribution in [2.45, 2.75) is 46.6 Å². The summed E-state index contributed by atoms with van der Waals surface area (Å²) >= 11 is 0. The first-order valence-corrected chi connectivity index (χ1v) is 7.63. The SMILES string of the molecule is CC(C)(C)C1CCCN(Cc2cccc(N)c2F)CC1. The molecule has 1 aliphatic heterocycles. The maximum Gasteiger partial charge on any atom is 0.150 e. The van der Waals surface area contributed by atoms with E-state index in [2.05, 4.69) is 25.7 Å². The molecule has 2 N–H and O–H groups in total. The molecule has 0 saturated carbocycles. The summed E-state index contributed by atoms with van der Waals surface area (Å²) in [5.41, 5.74) is 6.99. The number of hydrogen-bond acceptors (Lipinski definition) is 2. The van der Waals surface area contributed by atoms with Crippen LogP contribution in [0.4, 0.5) is 10.1 Å². The summed E-state index contributed by atoms with van der Waals surface area (Å²) in [6.45, 7) is 9.76. The molecular formula is C17H27FN2. The highest BCUT2D eigenvalue weighted by atomic mass is 19.1. The van der Waals surface area contributed by atoms with Crippen molar-refractivity contribution in [1.82, 2.24) is 4.90 Å². The fourth-order valence-electron chi connectivity index (χ4n) is 3.14. The summed E-state index contributed by atoms with van der Waals surface area (Å²) in [4.78, 5) is 2.36. The number of halogens is 1. The molecule has 1 fully saturated rings. The van der Waals surface area contributed by atoms with Gasteiger partial charge in [-0.05, 0) is 49.8 Å². The highest BCUT2D eigenvalue weighted by molar-refractivity contribution is 5.42. The standard InChI is InChI=1S/C17H27FN2/c1-17(2,3)14-7-5-10-20(11-9-14)12-13-6-4-8-15(19)16(13)18/h4,6,8,14H,5,7,9-12,19H2,1-3H3. The minimum absolute atomic E-state index is 0.246. The second kappa shape index (κ2) is 6.13. The van der Waals surface area contributed by atoms with Crippen LogP contribution < -0.4 is 5.73 Å². The van der Waals surface area contributed by atoms with Gasteiger partial charge in [0, 0.05) is 12.1 Å². The first-order chi connectivity index (χ1) is 9.38. The molecule has 0 aromatic heterocycles. The second-order valence-electron chi connectivity index (χ2n) is 7.09. The van der Waals surface area contributed by atoms with E-state index in [9.17, 15) is 4.39 Å². The Kier molecular flexibility index (Phi) is 4.69. The molecule has 112 valence electrons. The molecule has 0 spiro atoms. The summed E-state index contributed by atoms with van der Waals surface area (Å²) in [5.74, 6) is 0.516. The average Bonchev–Trinajstić information content (AvgIpc) is 2.60. The fraction of sp³-hybridized carbons (Fsp3) is 0.647. The molecule has 1 heterocycles. The summed E-state index contributed by atoms with van der Waals surface area (Å²) in [6.07, 6.45) is 3.68. The van der Waals surface area contributed by atoms with Crippen LogP contribution in [0.2, 0.25) is 0 Å². The van der Waals surface area contributed by atoms with Crippen LogP contribution >= 0.6 is 0 Å². The Bertz CT molecular complexity index is 451. The van der Waals surface area contributed by atoms with Crippen LogP contribution in [0, 0.1) is 17.2 Å². The third-order valence-electron chi connectivity index (χ3n) is 4.55. The van der Waals surface area contributed by atoms with Gasteiger partial charge in [-0.3, -0.25) is 4.90 Å². The van der Waals surface area contributed by atoms with Crippen molar-refractivity contribution < 1.29 is 4.39 Å². The molecule has 1 saturated heterocycles. The Balaban J connectivity index is 1.99. The van der Waals surface area contributed by atoms with Crippen molar-refractivity contribution >= 4 is 5.69 Å². The van der Waals surface area contributed by atoms with Crippen molar-refractivity contribution in [2.75, 3.05) is 18.8 Å². The molecule has 0 radical (unpaired) electrons. The Morgan fingerprint density at radius 2 is 2.00 bits per heavy atom. The number of nitrogens with two attached hydrogens (primary N) is 1. The van der Waals surface area contributed by atoms with Gasteiger partial charge in [0.1, 0.15) is 0 Å². The molecule has 0 amide bonds. The van der Waals surface area contributed by atoms with E-state index in [-0.39, 0.29) is 11.5 Å². The Labute approximate surface area is 122 Å². The van der Waals surface area contributed by atoms with Crippen molar-refractivity contribution in [2.24, 2.45) is 11.3 Å². The summed E-state index contributed by atoms with van der Waals surface area (Å²) in [6, 6.07) is 5.30. The third-order valence-corrected chi connectivity index (χ3v) is 4.55. The molecule has 1 aromatic carbocycles. The van der Waals surface area contributed by atoms with E-state index in [0.717, 1.165) is 24.6 Å². The van der Waals surface area contributed by atoms with Gasteiger partial charge in [-0.15, -0.1) is 0 Å². The Hall–Kier alpha value is -1.09. The van der Waals surface area contributed by atoms with E-state index in [1.165, 1.54) is 19.3 Å². The summed E-state index contributed by atoms with van der Waals surface area (Å²) in [7, 11) is 0. The molecule has 20 heavy (non-hydrogen) atoms. The molecule has 1 atom stereocenters. The molecule has 2 nitrogen and oxygen atoms in total. The lowest BCUT2D eigenvalue weighted by Crippen LogP contribution is -2.26. The first-order valence-electron chi connectivity index (χ1n) is 7.63. The largest absolute Gasteiger partial charge is 0.396 e. The van der Waals surface area contributed by atoms with Gasteiger partial charge < -0.3 is 5.73 Å². The van der Waals surface area contributed by atoms with E-state index in [1.54, 1.807) is 6.07 Å². The lowest BCUT2D eigenvalue weighted by Gasteiger charge is -2.29. The van der Waals surface area contributed by atoms with Crippen molar-refractivity contribution in [3.63, 3.8) is 0 Å². The summed E-state index contributed by atoms with van der Waals surface area (Å²) < 4.78 is 14.0. The van der Waals surface area contributed by atoms with E-state index >= 15 is 0 Å². The van der Waals surface area contributed by atoms with Crippen molar-refractivity contribution in [3.8, 4) is 0 Å². The number of hydrogen-bond donors (Lipinski definition) is 1. The molecule has 0 aliphatic carbocycles. The second-order valence-corrected chi connectivity index (χ2v) is 7.09. The van der Waals surface area contributed by atoms with Gasteiger partial charge in [0.2, 0.25) is 0 Å². The average molecular weight is 278 g/mol. The maximum absolute atomic E-state index is 14.0. The highest BCUT2D eigenvalue weighted by Crippen LogP contribution is 2.34. The monoisotopic (exact) mass is 278 g/mol. The van der Waals surface area contributed by atoms with Crippen molar-refractivity contribution in [3.05, 3.63) is 29.6 Å². The maximum atomic E-state index is 14.0. The van der Waals surface area contributed by atoms with Gasteiger partial charge in [-0.25, -0.2) is 4.39 Å². The predicted octanol–water partition coefficient (Wildman–Crippen LogP) is 4.06. The molecule has 1 aliphatic rings. The van der Waals surface area contributed by atoms with Crippen LogP contribution in [0.5, 0.6) is 0 Å². The Morgan fingerprint density at radius 1 is 1.25 bits per heavy atom. The Morgan fingerprint density at radius 3 is 2.70 bits per heavy atom. The molecule has 1 unspecified atom stereocenters. The number of nitrogens with zero attached hydrogens (tertiary/aromatic N) is 1. The van der Waals surface area contributed by atoms with Gasteiger partial charge in [-0.1, -0.05) is 32.9 Å². The third kappa shape index (κ3) is 3.72. The van der Waals surface area contributed by atoms with Gasteiger partial charge in [0.25, 0.3) is 0 Å². The zero-order chi connectivity index (χ0) is 14.8. The molecule has 0 bridgehead atoms. The first kappa shape index (κ1) is 15.3. The zero-order valence-electron chi connectivity index (χ0n) is 13.0. The van der Waals surface area contributed by atoms with Crippen LogP contribution in [-0.4, -0.2) is 18.0 Å². The number of likely N-dealkylation sites (tertiary alicyclic amines) is 1. The number of anilines is 1. The van der Waals surface area contributed by atoms with Crippen LogP contribution in [-0.2, 0) is 6.54 Å². The van der Waals surface area contributed by atoms with E-state index in [4.69, 9.17) is 5.73 Å². The summed E-state index contributed by atoms with van der Waals surface area (Å²) in [5, 5.41) is 0. The van der Waals surface area contributed by atoms with Gasteiger partial charge in [0.15, 0.2) is 5.82 Å². The van der Waals surface area contributed by atoms with Crippen molar-refractivity contribution in [1.29, 1.82) is 0 Å². The number of nitrogen functional groups attached to an aromatic ring is 1. The van der Waals surface area contributed by atoms with Crippen LogP contribution in [0.25, 0.3) is 0 Å². The molecule has 3 heteroatoms. The van der Waals surface area contributed by atoms with Gasteiger partial charge >= 0.3 is 0 Å². The van der Waals surface area contributed by atoms with E-state index in [0.29, 0.717) is 12.0 Å². The smallest absolute Gasteiger partial charge is 0.150 e. The lowest BCUT2D eigenvalue weighted by atomic mass is 9.77. The van der Waals surface area contributed by atoms with Crippen LogP contribution in [0.1, 0.15) is 45.6 Å². The van der Waals surface area contributed by atoms with E-state index in [1.807, 2.05) is 12.1 Å². The minimum Gasteiger partial charge on any atom is -0.396 e. The van der Waals surface area contributed by atoms with E-state index < -0.39 is 0 Å². The quantitative estimate of drug-likeness (QED) is 0.827. The van der Waals surface area contributed by atoms with Gasteiger partial charge in [0.05, 0.1) is 5.69 Å². The number of rotatable bonds is 2. The molecule has 1 aromatic rings. The normalized spacial score (nSPS) is 21.7. The molecule has 2 rings (SSSR count). The predicted molar refractivity (Wildman–Crippen MR) is 82.9 cm³/mol. The number of benzene rings is 1. The topological polar surface area (TPSA) is 29.3 Å². The highest BCUT2D eigenvalue weighted by Gasteiger charge is 2.27. The van der Waals surface area contributed by atoms with Crippen LogP contribution in [0.15, 0.2) is 18.2 Å². The van der Waals surface area contributed by atoms with Gasteiger partial charge in [-0.2, -0.15) is 0 Å². The molecular weight excluding hydrogens is 251 g/mol. The zero-order valence-corrected chi connectivity index (χ0v) is 13.0. The lowest BCUT2D eigenvalue weighted by molar-refractivity contribution is 0.206. The van der Waals surface area contributed by atoms with Crippen LogP contribution in [0.3, 0.4) is 0 Å².